The highest BCUT2D eigenvalue weighted by Crippen LogP contribution is 2.26. The topological polar surface area (TPSA) is 71.6 Å². The summed E-state index contributed by atoms with van der Waals surface area (Å²) in [5.74, 6) is -0.870. The Morgan fingerprint density at radius 3 is 2.68 bits per heavy atom. The summed E-state index contributed by atoms with van der Waals surface area (Å²) in [4.78, 5) is 29.4. The standard InChI is InChI=1S/C18H23ClN2O4/c1-4-24-16(22)11-14-13-7-6-12(19)10-15(13)20-17(14)18(23)25-9-5-8-21(2)3/h6-7,10,20H,4-5,8-9,11H2,1-3H3. The molecular formula is C18H23ClN2O4. The van der Waals surface area contributed by atoms with Crippen molar-refractivity contribution in [3.8, 4) is 0 Å². The van der Waals surface area contributed by atoms with Crippen LogP contribution in [0.3, 0.4) is 0 Å². The van der Waals surface area contributed by atoms with Crippen LogP contribution in [-0.4, -0.2) is 55.7 Å². The van der Waals surface area contributed by atoms with Gasteiger partial charge in [-0.2, -0.15) is 0 Å². The second-order valence-electron chi connectivity index (χ2n) is 5.94. The molecule has 0 aliphatic rings. The summed E-state index contributed by atoms with van der Waals surface area (Å²) in [6, 6.07) is 5.22. The quantitative estimate of drug-likeness (QED) is 0.574. The summed E-state index contributed by atoms with van der Waals surface area (Å²) in [5.41, 5.74) is 1.53. The van der Waals surface area contributed by atoms with E-state index in [1.807, 2.05) is 19.0 Å². The van der Waals surface area contributed by atoms with E-state index in [1.165, 1.54) is 0 Å². The van der Waals surface area contributed by atoms with Crippen molar-refractivity contribution in [1.29, 1.82) is 0 Å². The molecule has 0 radical (unpaired) electrons. The van der Waals surface area contributed by atoms with E-state index in [9.17, 15) is 9.59 Å². The minimum atomic E-state index is -0.481. The van der Waals surface area contributed by atoms with E-state index in [-0.39, 0.29) is 24.7 Å². The molecule has 1 N–H and O–H groups in total. The van der Waals surface area contributed by atoms with E-state index < -0.39 is 5.97 Å². The number of ether oxygens (including phenoxy) is 2. The third kappa shape index (κ3) is 5.21. The van der Waals surface area contributed by atoms with Crippen LogP contribution in [0.5, 0.6) is 0 Å². The summed E-state index contributed by atoms with van der Waals surface area (Å²) in [7, 11) is 3.92. The number of halogens is 1. The number of esters is 2. The van der Waals surface area contributed by atoms with E-state index in [0.29, 0.717) is 22.7 Å². The second kappa shape index (κ2) is 8.87. The van der Waals surface area contributed by atoms with Crippen molar-refractivity contribution in [3.05, 3.63) is 34.5 Å². The number of aromatic amines is 1. The molecule has 0 aliphatic heterocycles. The van der Waals surface area contributed by atoms with E-state index in [4.69, 9.17) is 21.1 Å². The number of fused-ring (bicyclic) bond motifs is 1. The predicted octanol–water partition coefficient (Wildman–Crippen LogP) is 3.04. The van der Waals surface area contributed by atoms with Crippen LogP contribution < -0.4 is 0 Å². The number of benzene rings is 1. The first kappa shape index (κ1) is 19.3. The summed E-state index contributed by atoms with van der Waals surface area (Å²) < 4.78 is 10.3. The second-order valence-corrected chi connectivity index (χ2v) is 6.38. The SMILES string of the molecule is CCOC(=O)Cc1c(C(=O)OCCCN(C)C)[nH]c2cc(Cl)ccc12. The lowest BCUT2D eigenvalue weighted by Gasteiger charge is -2.10. The van der Waals surface area contributed by atoms with Crippen molar-refractivity contribution in [2.45, 2.75) is 19.8 Å². The molecule has 0 aliphatic carbocycles. The van der Waals surface area contributed by atoms with Gasteiger partial charge in [-0.3, -0.25) is 4.79 Å². The molecule has 0 amide bonds. The molecule has 0 unspecified atom stereocenters. The largest absolute Gasteiger partial charge is 0.466 e. The van der Waals surface area contributed by atoms with Gasteiger partial charge in [0.25, 0.3) is 0 Å². The summed E-state index contributed by atoms with van der Waals surface area (Å²) >= 11 is 6.01. The molecule has 136 valence electrons. The van der Waals surface area contributed by atoms with Crippen LogP contribution in [0.15, 0.2) is 18.2 Å². The zero-order chi connectivity index (χ0) is 18.4. The molecule has 25 heavy (non-hydrogen) atoms. The molecule has 0 saturated carbocycles. The normalized spacial score (nSPS) is 11.1. The van der Waals surface area contributed by atoms with Crippen LogP contribution in [-0.2, 0) is 20.7 Å². The van der Waals surface area contributed by atoms with E-state index in [1.54, 1.807) is 25.1 Å². The molecule has 1 aromatic heterocycles. The van der Waals surface area contributed by atoms with Crippen molar-refractivity contribution in [2.75, 3.05) is 33.9 Å². The Bertz CT molecular complexity index is 755. The number of aromatic nitrogens is 1. The first-order chi connectivity index (χ1) is 11.9. The number of rotatable bonds is 8. The number of hydrogen-bond donors (Lipinski definition) is 1. The number of carbonyl (C=O) groups excluding carboxylic acids is 2. The lowest BCUT2D eigenvalue weighted by Crippen LogP contribution is -2.17. The third-order valence-corrected chi connectivity index (χ3v) is 3.92. The maximum Gasteiger partial charge on any atom is 0.355 e. The Morgan fingerprint density at radius 1 is 1.24 bits per heavy atom. The van der Waals surface area contributed by atoms with Crippen LogP contribution in [0.4, 0.5) is 0 Å². The first-order valence-corrected chi connectivity index (χ1v) is 8.57. The highest BCUT2D eigenvalue weighted by atomic mass is 35.5. The van der Waals surface area contributed by atoms with Gasteiger partial charge < -0.3 is 19.4 Å². The van der Waals surface area contributed by atoms with Gasteiger partial charge in [0.05, 0.1) is 19.6 Å². The predicted molar refractivity (Wildman–Crippen MR) is 97.1 cm³/mol. The molecule has 0 atom stereocenters. The Morgan fingerprint density at radius 2 is 2.00 bits per heavy atom. The van der Waals surface area contributed by atoms with Gasteiger partial charge in [-0.1, -0.05) is 17.7 Å². The third-order valence-electron chi connectivity index (χ3n) is 3.68. The van der Waals surface area contributed by atoms with Gasteiger partial charge in [0.15, 0.2) is 0 Å². The Balaban J connectivity index is 2.24. The van der Waals surface area contributed by atoms with Gasteiger partial charge in [-0.15, -0.1) is 0 Å². The number of nitrogens with one attached hydrogen (secondary N) is 1. The smallest absolute Gasteiger partial charge is 0.355 e. The van der Waals surface area contributed by atoms with Crippen molar-refractivity contribution < 1.29 is 19.1 Å². The molecule has 1 heterocycles. The van der Waals surface area contributed by atoms with Gasteiger partial charge in [0.2, 0.25) is 0 Å². The van der Waals surface area contributed by atoms with Crippen molar-refractivity contribution >= 4 is 34.4 Å². The average molecular weight is 367 g/mol. The molecule has 2 rings (SSSR count). The van der Waals surface area contributed by atoms with Gasteiger partial charge >= 0.3 is 11.9 Å². The van der Waals surface area contributed by atoms with Crippen LogP contribution >= 0.6 is 11.6 Å². The Labute approximate surface area is 152 Å². The number of nitrogens with zero attached hydrogens (tertiary/aromatic N) is 1. The van der Waals surface area contributed by atoms with E-state index in [2.05, 4.69) is 4.98 Å². The molecule has 0 spiro atoms. The average Bonchev–Trinajstić information content (AvgIpc) is 2.89. The Hall–Kier alpha value is -2.05. The maximum absolute atomic E-state index is 12.5. The minimum absolute atomic E-state index is 0.00238. The lowest BCUT2D eigenvalue weighted by molar-refractivity contribution is -0.142. The van der Waals surface area contributed by atoms with E-state index >= 15 is 0 Å². The molecule has 0 fully saturated rings. The molecule has 0 bridgehead atoms. The first-order valence-electron chi connectivity index (χ1n) is 8.20. The van der Waals surface area contributed by atoms with Gasteiger partial charge in [-0.05, 0) is 39.6 Å². The fourth-order valence-corrected chi connectivity index (χ4v) is 2.73. The number of carbonyl (C=O) groups is 2. The molecule has 6 nitrogen and oxygen atoms in total. The van der Waals surface area contributed by atoms with Crippen molar-refractivity contribution in [1.82, 2.24) is 9.88 Å². The fraction of sp³-hybridized carbons (Fsp3) is 0.444. The summed E-state index contributed by atoms with van der Waals surface area (Å²) in [6.07, 6.45) is 0.732. The zero-order valence-corrected chi connectivity index (χ0v) is 15.5. The number of H-pyrrole nitrogens is 1. The molecule has 0 saturated heterocycles. The fourth-order valence-electron chi connectivity index (χ4n) is 2.56. The minimum Gasteiger partial charge on any atom is -0.466 e. The number of hydrogen-bond acceptors (Lipinski definition) is 5. The highest BCUT2D eigenvalue weighted by molar-refractivity contribution is 6.31. The summed E-state index contributed by atoms with van der Waals surface area (Å²) in [6.45, 7) is 3.17. The molecule has 7 heteroatoms. The molecular weight excluding hydrogens is 344 g/mol. The van der Waals surface area contributed by atoms with Crippen LogP contribution in [0, 0.1) is 0 Å². The van der Waals surface area contributed by atoms with Crippen molar-refractivity contribution in [3.63, 3.8) is 0 Å². The van der Waals surface area contributed by atoms with Gasteiger partial charge in [0.1, 0.15) is 5.69 Å². The zero-order valence-electron chi connectivity index (χ0n) is 14.7. The van der Waals surface area contributed by atoms with Crippen LogP contribution in [0.2, 0.25) is 5.02 Å². The van der Waals surface area contributed by atoms with Crippen LogP contribution in [0.1, 0.15) is 29.4 Å². The lowest BCUT2D eigenvalue weighted by atomic mass is 10.1. The molecule has 2 aromatic rings. The highest BCUT2D eigenvalue weighted by Gasteiger charge is 2.21. The Kier molecular flexibility index (Phi) is 6.84. The molecule has 1 aromatic carbocycles. The summed E-state index contributed by atoms with van der Waals surface area (Å²) in [5, 5.41) is 1.31. The van der Waals surface area contributed by atoms with E-state index in [0.717, 1.165) is 18.4 Å². The van der Waals surface area contributed by atoms with Gasteiger partial charge in [0, 0.05) is 28.0 Å². The maximum atomic E-state index is 12.5. The van der Waals surface area contributed by atoms with Crippen LogP contribution in [0.25, 0.3) is 10.9 Å². The monoisotopic (exact) mass is 366 g/mol. The van der Waals surface area contributed by atoms with Gasteiger partial charge in [-0.25, -0.2) is 4.79 Å². The van der Waals surface area contributed by atoms with Crippen molar-refractivity contribution in [2.24, 2.45) is 0 Å².